The third kappa shape index (κ3) is 5.36. The molecule has 2 aromatic carbocycles. The fraction of sp³-hybridized carbons (Fsp3) is 0.385. The Bertz CT molecular complexity index is 1190. The van der Waals surface area contributed by atoms with E-state index in [1.165, 1.54) is 16.8 Å². The molecule has 1 amide bonds. The number of hydrogen-bond donors (Lipinski definition) is 2. The van der Waals surface area contributed by atoms with Crippen molar-refractivity contribution < 1.29 is 13.6 Å². The highest BCUT2D eigenvalue weighted by Crippen LogP contribution is 2.51. The maximum atomic E-state index is 14.8. The van der Waals surface area contributed by atoms with Crippen LogP contribution in [-0.4, -0.2) is 35.5 Å². The summed E-state index contributed by atoms with van der Waals surface area (Å²) in [5.74, 6) is -1.05. The molecule has 0 saturated heterocycles. The van der Waals surface area contributed by atoms with Gasteiger partial charge in [-0.2, -0.15) is 10.4 Å². The fourth-order valence-electron chi connectivity index (χ4n) is 4.69. The van der Waals surface area contributed by atoms with E-state index in [1.54, 1.807) is 13.2 Å². The topological polar surface area (TPSA) is 92.9 Å². The van der Waals surface area contributed by atoms with Gasteiger partial charge < -0.3 is 10.6 Å². The van der Waals surface area contributed by atoms with Gasteiger partial charge in [0.15, 0.2) is 0 Å². The molecule has 2 aromatic rings. The molecule has 2 aliphatic rings. The summed E-state index contributed by atoms with van der Waals surface area (Å²) in [4.78, 5) is 16.5. The summed E-state index contributed by atoms with van der Waals surface area (Å²) in [5, 5.41) is 21.2. The number of guanidine groups is 1. The second-order valence-electron chi connectivity index (χ2n) is 8.75. The molecule has 7 nitrogen and oxygen atoms in total. The van der Waals surface area contributed by atoms with Crippen LogP contribution in [0, 0.1) is 29.0 Å². The highest BCUT2D eigenvalue weighted by atomic mass is 32.2. The molecule has 1 unspecified atom stereocenters. The first-order valence-corrected chi connectivity index (χ1v) is 12.8. The number of amides is 1. The van der Waals surface area contributed by atoms with Gasteiger partial charge in [-0.25, -0.2) is 13.8 Å². The predicted octanol–water partition coefficient (Wildman–Crippen LogP) is 4.67. The number of benzene rings is 2. The second-order valence-corrected chi connectivity index (χ2v) is 10.0. The largest absolute Gasteiger partial charge is 0.359 e. The molecule has 0 aromatic heterocycles. The predicted molar refractivity (Wildman–Crippen MR) is 137 cm³/mol. The molecule has 0 bridgehead atoms. The van der Waals surface area contributed by atoms with E-state index in [0.29, 0.717) is 25.3 Å². The quantitative estimate of drug-likeness (QED) is 0.244. The molecular formula is C26H28F2N6OS. The summed E-state index contributed by atoms with van der Waals surface area (Å²) in [7, 11) is 1.66. The molecular weight excluding hydrogens is 482 g/mol. The monoisotopic (exact) mass is 510 g/mol. The van der Waals surface area contributed by atoms with Gasteiger partial charge >= 0.3 is 0 Å². The summed E-state index contributed by atoms with van der Waals surface area (Å²) in [6.45, 7) is 0.478. The number of thioether (sulfide) groups is 1. The van der Waals surface area contributed by atoms with E-state index in [4.69, 9.17) is 5.26 Å². The maximum Gasteiger partial charge on any atom is 0.247 e. The first-order valence-electron chi connectivity index (χ1n) is 12.0. The minimum absolute atomic E-state index is 0.0405. The molecule has 1 saturated carbocycles. The zero-order chi connectivity index (χ0) is 25.5. The summed E-state index contributed by atoms with van der Waals surface area (Å²) < 4.78 is 28.9. The molecule has 1 fully saturated rings. The van der Waals surface area contributed by atoms with E-state index < -0.39 is 16.5 Å². The summed E-state index contributed by atoms with van der Waals surface area (Å²) in [6.07, 6.45) is 6.38. The van der Waals surface area contributed by atoms with Crippen LogP contribution < -0.4 is 10.6 Å². The first kappa shape index (κ1) is 25.6. The molecule has 188 valence electrons. The number of hydrazone groups is 1. The summed E-state index contributed by atoms with van der Waals surface area (Å²) in [6, 6.07) is 12.8. The lowest BCUT2D eigenvalue weighted by Gasteiger charge is -2.37. The minimum Gasteiger partial charge on any atom is -0.359 e. The average molecular weight is 511 g/mol. The number of halogens is 2. The van der Waals surface area contributed by atoms with E-state index >= 15 is 0 Å². The highest BCUT2D eigenvalue weighted by Gasteiger charge is 2.50. The van der Waals surface area contributed by atoms with Gasteiger partial charge in [0.25, 0.3) is 0 Å². The summed E-state index contributed by atoms with van der Waals surface area (Å²) in [5.41, 5.74) is 0.898. The lowest BCUT2D eigenvalue weighted by atomic mass is 9.98. The number of hydrogen-bond acceptors (Lipinski definition) is 5. The van der Waals surface area contributed by atoms with Gasteiger partial charge in [0.05, 0.1) is 0 Å². The van der Waals surface area contributed by atoms with E-state index in [1.807, 2.05) is 30.3 Å². The third-order valence-corrected chi connectivity index (χ3v) is 7.92. The normalized spacial score (nSPS) is 20.2. The van der Waals surface area contributed by atoms with Gasteiger partial charge in [0.2, 0.25) is 18.1 Å². The zero-order valence-corrected chi connectivity index (χ0v) is 20.8. The minimum atomic E-state index is -0.928. The van der Waals surface area contributed by atoms with Gasteiger partial charge in [-0.05, 0) is 49.4 Å². The van der Waals surface area contributed by atoms with E-state index in [0.717, 1.165) is 49.4 Å². The van der Waals surface area contributed by atoms with Crippen molar-refractivity contribution in [2.45, 2.75) is 43.4 Å². The van der Waals surface area contributed by atoms with Crippen LogP contribution in [0.3, 0.4) is 0 Å². The van der Waals surface area contributed by atoms with Crippen LogP contribution in [0.5, 0.6) is 0 Å². The van der Waals surface area contributed by atoms with Gasteiger partial charge in [0.1, 0.15) is 21.5 Å². The van der Waals surface area contributed by atoms with Gasteiger partial charge in [-0.15, -0.1) is 4.99 Å². The molecule has 10 heteroatoms. The van der Waals surface area contributed by atoms with E-state index in [2.05, 4.69) is 20.7 Å². The van der Waals surface area contributed by atoms with Crippen LogP contribution in [0.1, 0.15) is 49.7 Å². The van der Waals surface area contributed by atoms with E-state index in [-0.39, 0.29) is 22.4 Å². The van der Waals surface area contributed by atoms with Crippen molar-refractivity contribution in [3.8, 4) is 6.19 Å². The molecule has 1 aliphatic heterocycles. The Morgan fingerprint density at radius 1 is 1.25 bits per heavy atom. The van der Waals surface area contributed by atoms with Crippen LogP contribution in [-0.2, 0) is 9.67 Å². The first-order chi connectivity index (χ1) is 17.5. The lowest BCUT2D eigenvalue weighted by molar-refractivity contribution is -0.139. The SMILES string of the molecule is CN/C(=N/C#N)NCCCC1(c2ccccc2)SC(c2cc(F)ccc2F)=NN1C(=O)C1CCCC1. The number of aliphatic imine (C=N–C) groups is 1. The van der Waals surface area contributed by atoms with Crippen molar-refractivity contribution in [2.75, 3.05) is 13.6 Å². The number of nitrogens with zero attached hydrogens (tertiary/aromatic N) is 4. The molecule has 4 rings (SSSR count). The van der Waals surface area contributed by atoms with Crippen molar-refractivity contribution in [3.05, 3.63) is 71.3 Å². The van der Waals surface area contributed by atoms with Crippen LogP contribution in [0.25, 0.3) is 0 Å². The Balaban J connectivity index is 1.71. The number of rotatable bonds is 7. The van der Waals surface area contributed by atoms with Crippen molar-refractivity contribution >= 4 is 28.7 Å². The molecule has 1 heterocycles. The van der Waals surface area contributed by atoms with Gasteiger partial charge in [-0.3, -0.25) is 4.79 Å². The van der Waals surface area contributed by atoms with Crippen molar-refractivity contribution in [3.63, 3.8) is 0 Å². The van der Waals surface area contributed by atoms with Crippen LogP contribution >= 0.6 is 11.8 Å². The standard InChI is InChI=1S/C26H28F2N6OS/c1-30-25(32-17-29)31-15-7-14-26(19-10-3-2-4-11-19)34(24(35)18-8-5-6-9-18)33-23(36-26)21-16-20(27)12-13-22(21)28/h2-4,10-13,16,18H,5-9,14-15H2,1H3,(H2,30,31,32). The molecule has 1 aliphatic carbocycles. The highest BCUT2D eigenvalue weighted by molar-refractivity contribution is 8.15. The lowest BCUT2D eigenvalue weighted by Crippen LogP contribution is -2.44. The Kier molecular flexibility index (Phi) is 8.21. The number of nitriles is 1. The molecule has 0 spiro atoms. The van der Waals surface area contributed by atoms with Crippen molar-refractivity contribution in [1.82, 2.24) is 15.6 Å². The summed E-state index contributed by atoms with van der Waals surface area (Å²) >= 11 is 1.28. The average Bonchev–Trinajstić information content (AvgIpc) is 3.57. The molecule has 0 radical (unpaired) electrons. The Morgan fingerprint density at radius 2 is 2.00 bits per heavy atom. The van der Waals surface area contributed by atoms with Crippen LogP contribution in [0.2, 0.25) is 0 Å². The molecule has 1 atom stereocenters. The van der Waals surface area contributed by atoms with Crippen molar-refractivity contribution in [2.24, 2.45) is 16.0 Å². The van der Waals surface area contributed by atoms with Gasteiger partial charge in [0, 0.05) is 25.1 Å². The zero-order valence-electron chi connectivity index (χ0n) is 20.0. The third-order valence-electron chi connectivity index (χ3n) is 6.48. The van der Waals surface area contributed by atoms with E-state index in [9.17, 15) is 13.6 Å². The van der Waals surface area contributed by atoms with Gasteiger partial charge in [-0.1, -0.05) is 54.9 Å². The smallest absolute Gasteiger partial charge is 0.247 e. The fourth-order valence-corrected chi connectivity index (χ4v) is 6.11. The molecule has 36 heavy (non-hydrogen) atoms. The molecule has 2 N–H and O–H groups in total. The number of carbonyl (C=O) groups is 1. The van der Waals surface area contributed by atoms with Crippen molar-refractivity contribution in [1.29, 1.82) is 5.26 Å². The maximum absolute atomic E-state index is 14.8. The number of carbonyl (C=O) groups excluding carboxylic acids is 1. The second kappa shape index (κ2) is 11.5. The Hall–Kier alpha value is -3.45. The Morgan fingerprint density at radius 3 is 2.69 bits per heavy atom. The van der Waals surface area contributed by atoms with Crippen LogP contribution in [0.15, 0.2) is 58.6 Å². The number of nitrogens with one attached hydrogen (secondary N) is 2. The Labute approximate surface area is 213 Å². The van der Waals surface area contributed by atoms with Crippen LogP contribution in [0.4, 0.5) is 8.78 Å².